The van der Waals surface area contributed by atoms with Gasteiger partial charge in [-0.3, -0.25) is 19.3 Å². The number of nitrogens with one attached hydrogen (secondary N) is 2. The Bertz CT molecular complexity index is 1360. The maximum absolute atomic E-state index is 12.5. The smallest absolute Gasteiger partial charge is 0.255 e. The van der Waals surface area contributed by atoms with Gasteiger partial charge < -0.3 is 10.6 Å². The summed E-state index contributed by atoms with van der Waals surface area (Å²) in [5.41, 5.74) is 7.46. The minimum Gasteiger partial charge on any atom is -0.382 e. The van der Waals surface area contributed by atoms with Gasteiger partial charge in [0.25, 0.3) is 5.56 Å². The molecule has 0 radical (unpaired) electrons. The van der Waals surface area contributed by atoms with Crippen molar-refractivity contribution in [2.75, 3.05) is 23.7 Å². The molecule has 168 valence electrons. The molecule has 0 saturated carbocycles. The number of fused-ring (bicyclic) bond motifs is 2. The predicted molar refractivity (Wildman–Crippen MR) is 133 cm³/mol. The molecule has 0 amide bonds. The van der Waals surface area contributed by atoms with E-state index in [9.17, 15) is 4.79 Å². The third-order valence-corrected chi connectivity index (χ3v) is 6.24. The van der Waals surface area contributed by atoms with Gasteiger partial charge in [-0.25, -0.2) is 4.98 Å². The van der Waals surface area contributed by atoms with Crippen LogP contribution in [0.5, 0.6) is 0 Å². The number of aryl methyl sites for hydroxylation is 2. The van der Waals surface area contributed by atoms with Gasteiger partial charge in [-0.15, -0.1) is 0 Å². The van der Waals surface area contributed by atoms with Crippen LogP contribution in [0.4, 0.5) is 11.6 Å². The first-order valence-corrected chi connectivity index (χ1v) is 11.5. The van der Waals surface area contributed by atoms with Crippen LogP contribution in [0.1, 0.15) is 29.7 Å². The number of pyridine rings is 2. The second-order valence-corrected chi connectivity index (χ2v) is 8.59. The first-order chi connectivity index (χ1) is 16.1. The zero-order valence-corrected chi connectivity index (χ0v) is 19.1. The Morgan fingerprint density at radius 1 is 0.970 bits per heavy atom. The lowest BCUT2D eigenvalue weighted by Gasteiger charge is -2.22. The van der Waals surface area contributed by atoms with Crippen molar-refractivity contribution in [1.29, 1.82) is 0 Å². The summed E-state index contributed by atoms with van der Waals surface area (Å²) in [5.74, 6) is 0.550. The van der Waals surface area contributed by atoms with Gasteiger partial charge in [0.1, 0.15) is 0 Å². The lowest BCUT2D eigenvalue weighted by molar-refractivity contribution is 0.672. The molecule has 0 fully saturated rings. The number of hydrogen-bond donors (Lipinski definition) is 2. The topological polar surface area (TPSA) is 84.7 Å². The summed E-state index contributed by atoms with van der Waals surface area (Å²) in [6, 6.07) is 11.7. The average molecular weight is 441 g/mol. The van der Waals surface area contributed by atoms with Crippen LogP contribution < -0.4 is 16.2 Å². The minimum absolute atomic E-state index is 0.100. The summed E-state index contributed by atoms with van der Waals surface area (Å²) in [6.07, 6.45) is 7.91. The molecule has 7 heteroatoms. The molecule has 5 rings (SSSR count). The van der Waals surface area contributed by atoms with Crippen LogP contribution in [0.25, 0.3) is 22.2 Å². The van der Waals surface area contributed by atoms with E-state index in [0.717, 1.165) is 23.9 Å². The molecule has 3 aromatic heterocycles. The third kappa shape index (κ3) is 4.31. The maximum atomic E-state index is 12.5. The average Bonchev–Trinajstić information content (AvgIpc) is 2.84. The van der Waals surface area contributed by atoms with Gasteiger partial charge in [-0.2, -0.15) is 0 Å². The molecule has 0 atom stereocenters. The number of aromatic nitrogens is 4. The van der Waals surface area contributed by atoms with Gasteiger partial charge >= 0.3 is 0 Å². The summed E-state index contributed by atoms with van der Waals surface area (Å²) < 4.78 is 1.54. The molecule has 7 nitrogen and oxygen atoms in total. The van der Waals surface area contributed by atoms with Gasteiger partial charge in [0.05, 0.1) is 11.2 Å². The molecule has 1 aliphatic rings. The Morgan fingerprint density at radius 2 is 1.76 bits per heavy atom. The molecule has 0 unspecified atom stereocenters. The zero-order chi connectivity index (χ0) is 22.8. The summed E-state index contributed by atoms with van der Waals surface area (Å²) in [6.45, 7) is 3.45. The fraction of sp³-hybridized carbons (Fsp3) is 0.308. The lowest BCUT2D eigenvalue weighted by Crippen LogP contribution is -2.24. The van der Waals surface area contributed by atoms with Crippen molar-refractivity contribution >= 4 is 22.5 Å². The summed E-state index contributed by atoms with van der Waals surface area (Å²) in [7, 11) is 1.73. The highest BCUT2D eigenvalue weighted by molar-refractivity contribution is 5.94. The Hall–Kier alpha value is -3.74. The zero-order valence-electron chi connectivity index (χ0n) is 19.1. The maximum Gasteiger partial charge on any atom is 0.255 e. The van der Waals surface area contributed by atoms with E-state index in [2.05, 4.69) is 45.7 Å². The van der Waals surface area contributed by atoms with Crippen molar-refractivity contribution < 1.29 is 0 Å². The fourth-order valence-corrected chi connectivity index (χ4v) is 4.47. The number of benzene rings is 1. The molecule has 1 aliphatic carbocycles. The van der Waals surface area contributed by atoms with E-state index < -0.39 is 0 Å². The third-order valence-electron chi connectivity index (χ3n) is 6.24. The van der Waals surface area contributed by atoms with E-state index in [1.807, 2.05) is 12.1 Å². The molecule has 3 heterocycles. The molecule has 0 aliphatic heterocycles. The van der Waals surface area contributed by atoms with E-state index in [-0.39, 0.29) is 5.56 Å². The summed E-state index contributed by atoms with van der Waals surface area (Å²) in [4.78, 5) is 26.1. The Balaban J connectivity index is 1.36. The van der Waals surface area contributed by atoms with E-state index in [1.165, 1.54) is 45.3 Å². The van der Waals surface area contributed by atoms with E-state index in [4.69, 9.17) is 4.98 Å². The second-order valence-electron chi connectivity index (χ2n) is 8.59. The van der Waals surface area contributed by atoms with Crippen LogP contribution in [0.15, 0.2) is 53.6 Å². The standard InChI is InChI=1S/C26H28N6O/c1-17-7-8-22-20(15-17)25(19-5-3-4-6-21(19)30-22)28-13-14-29-26-31-23(16-24(33)32(26)2)18-9-11-27-12-10-18/h7-12,15-16H,3-6,13-14H2,1-2H3,(H,28,30)(H,29,31). The van der Waals surface area contributed by atoms with Crippen LogP contribution in [0.2, 0.25) is 0 Å². The SMILES string of the molecule is Cc1ccc2nc3c(c(NCCNc4nc(-c5ccncc5)cc(=O)n4C)c2c1)CCCC3. The first-order valence-electron chi connectivity index (χ1n) is 11.5. The van der Waals surface area contributed by atoms with Crippen LogP contribution in [-0.4, -0.2) is 32.6 Å². The molecule has 0 saturated heterocycles. The van der Waals surface area contributed by atoms with Crippen molar-refractivity contribution in [3.63, 3.8) is 0 Å². The molecular weight excluding hydrogens is 412 g/mol. The van der Waals surface area contributed by atoms with Crippen molar-refractivity contribution in [3.8, 4) is 11.3 Å². The first kappa shape index (κ1) is 21.1. The van der Waals surface area contributed by atoms with Crippen LogP contribution in [0, 0.1) is 6.92 Å². The summed E-state index contributed by atoms with van der Waals surface area (Å²) >= 11 is 0. The van der Waals surface area contributed by atoms with Crippen LogP contribution in [0.3, 0.4) is 0 Å². The quantitative estimate of drug-likeness (QED) is 0.439. The minimum atomic E-state index is -0.100. The highest BCUT2D eigenvalue weighted by atomic mass is 16.1. The highest BCUT2D eigenvalue weighted by Gasteiger charge is 2.18. The van der Waals surface area contributed by atoms with Crippen LogP contribution in [-0.2, 0) is 19.9 Å². The van der Waals surface area contributed by atoms with Crippen LogP contribution >= 0.6 is 0 Å². The Morgan fingerprint density at radius 3 is 2.61 bits per heavy atom. The molecule has 0 bridgehead atoms. The lowest BCUT2D eigenvalue weighted by atomic mass is 9.92. The monoisotopic (exact) mass is 440 g/mol. The highest BCUT2D eigenvalue weighted by Crippen LogP contribution is 2.33. The van der Waals surface area contributed by atoms with Gasteiger partial charge in [0, 0.05) is 60.9 Å². The summed E-state index contributed by atoms with van der Waals surface area (Å²) in [5, 5.41) is 8.18. The van der Waals surface area contributed by atoms with Crippen molar-refractivity contribution in [2.24, 2.45) is 7.05 Å². The van der Waals surface area contributed by atoms with Crippen molar-refractivity contribution in [2.45, 2.75) is 32.6 Å². The van der Waals surface area contributed by atoms with Gasteiger partial charge in [0.2, 0.25) is 5.95 Å². The van der Waals surface area contributed by atoms with E-state index in [1.54, 1.807) is 25.5 Å². The molecule has 4 aromatic rings. The Labute approximate surface area is 192 Å². The normalized spacial score (nSPS) is 13.0. The Kier molecular flexibility index (Phi) is 5.77. The molecule has 2 N–H and O–H groups in total. The van der Waals surface area contributed by atoms with Crippen molar-refractivity contribution in [3.05, 3.63) is 76.0 Å². The van der Waals surface area contributed by atoms with E-state index >= 15 is 0 Å². The van der Waals surface area contributed by atoms with Crippen molar-refractivity contribution in [1.82, 2.24) is 19.5 Å². The molecular formula is C26H28N6O. The molecule has 33 heavy (non-hydrogen) atoms. The van der Waals surface area contributed by atoms with Gasteiger partial charge in [-0.05, 0) is 62.4 Å². The molecule has 0 spiro atoms. The largest absolute Gasteiger partial charge is 0.382 e. The number of nitrogens with zero attached hydrogens (tertiary/aromatic N) is 4. The van der Waals surface area contributed by atoms with E-state index in [0.29, 0.717) is 24.7 Å². The number of hydrogen-bond acceptors (Lipinski definition) is 6. The molecule has 1 aromatic carbocycles. The number of anilines is 2. The fourth-order valence-electron chi connectivity index (χ4n) is 4.47. The van der Waals surface area contributed by atoms with Gasteiger partial charge in [0.15, 0.2) is 0 Å². The second kappa shape index (κ2) is 9.02. The number of rotatable bonds is 6. The predicted octanol–water partition coefficient (Wildman–Crippen LogP) is 4.10. The van der Waals surface area contributed by atoms with Gasteiger partial charge in [-0.1, -0.05) is 11.6 Å².